The molecule has 88 valence electrons. The highest BCUT2D eigenvalue weighted by Gasteiger charge is 2.02. The van der Waals surface area contributed by atoms with E-state index in [1.54, 1.807) is 6.07 Å². The molecule has 0 saturated carbocycles. The van der Waals surface area contributed by atoms with Crippen molar-refractivity contribution in [2.45, 2.75) is 26.4 Å². The summed E-state index contributed by atoms with van der Waals surface area (Å²) < 4.78 is 5.62. The number of carboxylic acid groups (broad SMARTS) is 1. The van der Waals surface area contributed by atoms with E-state index >= 15 is 0 Å². The van der Waals surface area contributed by atoms with E-state index in [4.69, 9.17) is 9.84 Å². The molecule has 0 radical (unpaired) electrons. The summed E-state index contributed by atoms with van der Waals surface area (Å²) in [5.41, 5.74) is 0.753. The quantitative estimate of drug-likeness (QED) is 0.777. The van der Waals surface area contributed by atoms with Gasteiger partial charge < -0.3 is 15.2 Å². The van der Waals surface area contributed by atoms with Crippen molar-refractivity contribution < 1.29 is 14.6 Å². The molecule has 0 spiro atoms. The topological polar surface area (TPSA) is 58.6 Å². The lowest BCUT2D eigenvalue weighted by atomic mass is 10.2. The highest BCUT2D eigenvalue weighted by molar-refractivity contribution is 5.72. The smallest absolute Gasteiger partial charge is 0.322 e. The summed E-state index contributed by atoms with van der Waals surface area (Å²) in [6.45, 7) is 3.96. The Hall–Kier alpha value is -1.71. The van der Waals surface area contributed by atoms with Gasteiger partial charge in [-0.3, -0.25) is 4.79 Å². The fourth-order valence-electron chi connectivity index (χ4n) is 1.17. The van der Waals surface area contributed by atoms with Crippen LogP contribution in [0.4, 0.5) is 5.69 Å². The zero-order valence-electron chi connectivity index (χ0n) is 9.56. The fraction of sp³-hybridized carbons (Fsp3) is 0.417. The van der Waals surface area contributed by atoms with E-state index in [0.29, 0.717) is 0 Å². The van der Waals surface area contributed by atoms with Crippen LogP contribution >= 0.6 is 0 Å². The van der Waals surface area contributed by atoms with Crippen LogP contribution in [0.3, 0.4) is 0 Å². The van der Waals surface area contributed by atoms with Gasteiger partial charge in [0.05, 0.1) is 6.10 Å². The van der Waals surface area contributed by atoms with Crippen LogP contribution in [0.5, 0.6) is 5.75 Å². The van der Waals surface area contributed by atoms with Gasteiger partial charge in [-0.25, -0.2) is 0 Å². The number of rotatable bonds is 6. The molecule has 4 heteroatoms. The number of carbonyl (C=O) groups is 1. The van der Waals surface area contributed by atoms with Crippen molar-refractivity contribution in [3.63, 3.8) is 0 Å². The predicted octanol–water partition coefficient (Wildman–Crippen LogP) is 2.36. The van der Waals surface area contributed by atoms with Crippen molar-refractivity contribution in [3.05, 3.63) is 24.3 Å². The first-order valence-electron chi connectivity index (χ1n) is 5.34. The Balaban J connectivity index is 2.60. The molecule has 0 amide bonds. The minimum Gasteiger partial charge on any atom is -0.491 e. The molecule has 0 heterocycles. The maximum Gasteiger partial charge on any atom is 0.322 e. The summed E-state index contributed by atoms with van der Waals surface area (Å²) in [6.07, 6.45) is 1.10. The lowest BCUT2D eigenvalue weighted by Gasteiger charge is -2.13. The van der Waals surface area contributed by atoms with Crippen molar-refractivity contribution in [3.8, 4) is 5.75 Å². The summed E-state index contributed by atoms with van der Waals surface area (Å²) in [5.74, 6) is -0.127. The maximum atomic E-state index is 10.4. The molecule has 0 saturated heterocycles. The summed E-state index contributed by atoms with van der Waals surface area (Å²) in [5, 5.41) is 11.3. The Morgan fingerprint density at radius 3 is 2.94 bits per heavy atom. The largest absolute Gasteiger partial charge is 0.491 e. The third-order valence-corrected chi connectivity index (χ3v) is 2.19. The SMILES string of the molecule is CCC(C)Oc1cccc(NCC(=O)O)c1. The van der Waals surface area contributed by atoms with E-state index in [2.05, 4.69) is 12.2 Å². The third-order valence-electron chi connectivity index (χ3n) is 2.19. The number of benzene rings is 1. The van der Waals surface area contributed by atoms with E-state index in [0.717, 1.165) is 17.9 Å². The van der Waals surface area contributed by atoms with Crippen LogP contribution in [0.15, 0.2) is 24.3 Å². The van der Waals surface area contributed by atoms with Gasteiger partial charge in [0.25, 0.3) is 0 Å². The molecular weight excluding hydrogens is 206 g/mol. The molecule has 0 aromatic heterocycles. The summed E-state index contributed by atoms with van der Waals surface area (Å²) >= 11 is 0. The highest BCUT2D eigenvalue weighted by Crippen LogP contribution is 2.18. The zero-order chi connectivity index (χ0) is 12.0. The standard InChI is InChI=1S/C12H17NO3/c1-3-9(2)16-11-6-4-5-10(7-11)13-8-12(14)15/h4-7,9,13H,3,8H2,1-2H3,(H,14,15). The van der Waals surface area contributed by atoms with Crippen molar-refractivity contribution in [2.24, 2.45) is 0 Å². The molecule has 4 nitrogen and oxygen atoms in total. The van der Waals surface area contributed by atoms with Crippen LogP contribution in [-0.4, -0.2) is 23.7 Å². The Morgan fingerprint density at radius 2 is 2.31 bits per heavy atom. The maximum absolute atomic E-state index is 10.4. The monoisotopic (exact) mass is 223 g/mol. The normalized spacial score (nSPS) is 11.9. The Morgan fingerprint density at radius 1 is 1.56 bits per heavy atom. The van der Waals surface area contributed by atoms with Gasteiger partial charge in [-0.05, 0) is 25.5 Å². The lowest BCUT2D eigenvalue weighted by molar-refractivity contribution is -0.134. The molecule has 0 bridgehead atoms. The molecule has 0 aliphatic rings. The number of nitrogens with one attached hydrogen (secondary N) is 1. The minimum absolute atomic E-state index is 0.0905. The van der Waals surface area contributed by atoms with E-state index in [9.17, 15) is 4.79 Å². The minimum atomic E-state index is -0.881. The first-order valence-corrected chi connectivity index (χ1v) is 5.34. The number of carboxylic acids is 1. The summed E-state index contributed by atoms with van der Waals surface area (Å²) in [4.78, 5) is 10.4. The van der Waals surface area contributed by atoms with Gasteiger partial charge in [0, 0.05) is 11.8 Å². The molecule has 16 heavy (non-hydrogen) atoms. The molecule has 0 aliphatic heterocycles. The second kappa shape index (κ2) is 6.00. The van der Waals surface area contributed by atoms with Crippen molar-refractivity contribution in [1.29, 1.82) is 0 Å². The molecule has 1 unspecified atom stereocenters. The summed E-state index contributed by atoms with van der Waals surface area (Å²) in [7, 11) is 0. The van der Waals surface area contributed by atoms with Gasteiger partial charge in [-0.15, -0.1) is 0 Å². The molecule has 2 N–H and O–H groups in total. The van der Waals surface area contributed by atoms with Gasteiger partial charge in [0.2, 0.25) is 0 Å². The van der Waals surface area contributed by atoms with Gasteiger partial charge >= 0.3 is 5.97 Å². The Labute approximate surface area is 95.2 Å². The van der Waals surface area contributed by atoms with E-state index in [1.807, 2.05) is 25.1 Å². The fourth-order valence-corrected chi connectivity index (χ4v) is 1.17. The molecule has 1 aromatic carbocycles. The number of hydrogen-bond donors (Lipinski definition) is 2. The Kier molecular flexibility index (Phi) is 4.64. The van der Waals surface area contributed by atoms with E-state index in [-0.39, 0.29) is 12.6 Å². The third kappa shape index (κ3) is 4.21. The first-order chi connectivity index (χ1) is 7.61. The van der Waals surface area contributed by atoms with Crippen molar-refractivity contribution in [2.75, 3.05) is 11.9 Å². The highest BCUT2D eigenvalue weighted by atomic mass is 16.5. The van der Waals surface area contributed by atoms with Gasteiger partial charge in [-0.2, -0.15) is 0 Å². The van der Waals surface area contributed by atoms with Crippen LogP contribution < -0.4 is 10.1 Å². The van der Waals surface area contributed by atoms with Gasteiger partial charge in [-0.1, -0.05) is 13.0 Å². The average molecular weight is 223 g/mol. The second-order valence-corrected chi connectivity index (χ2v) is 3.61. The van der Waals surface area contributed by atoms with Crippen LogP contribution in [0, 0.1) is 0 Å². The molecule has 0 fully saturated rings. The molecule has 1 rings (SSSR count). The predicted molar refractivity (Wildman–Crippen MR) is 62.9 cm³/mol. The average Bonchev–Trinajstić information content (AvgIpc) is 2.26. The molecular formula is C12H17NO3. The molecule has 1 aromatic rings. The Bertz CT molecular complexity index is 352. The van der Waals surface area contributed by atoms with Crippen LogP contribution in [0.2, 0.25) is 0 Å². The van der Waals surface area contributed by atoms with Crippen LogP contribution in [-0.2, 0) is 4.79 Å². The van der Waals surface area contributed by atoms with Crippen LogP contribution in [0.25, 0.3) is 0 Å². The van der Waals surface area contributed by atoms with Crippen molar-refractivity contribution in [1.82, 2.24) is 0 Å². The number of ether oxygens (including phenoxy) is 1. The first kappa shape index (κ1) is 12.4. The van der Waals surface area contributed by atoms with Gasteiger partial charge in [0.15, 0.2) is 0 Å². The molecule has 0 aliphatic carbocycles. The lowest BCUT2D eigenvalue weighted by Crippen LogP contribution is -2.13. The van der Waals surface area contributed by atoms with E-state index in [1.165, 1.54) is 0 Å². The van der Waals surface area contributed by atoms with Crippen LogP contribution in [0.1, 0.15) is 20.3 Å². The second-order valence-electron chi connectivity index (χ2n) is 3.61. The van der Waals surface area contributed by atoms with Gasteiger partial charge in [0.1, 0.15) is 12.3 Å². The molecule has 1 atom stereocenters. The number of anilines is 1. The zero-order valence-corrected chi connectivity index (χ0v) is 9.56. The van der Waals surface area contributed by atoms with E-state index < -0.39 is 5.97 Å². The van der Waals surface area contributed by atoms with Crippen molar-refractivity contribution >= 4 is 11.7 Å². The summed E-state index contributed by atoms with van der Waals surface area (Å²) in [6, 6.07) is 7.31. The number of aliphatic carboxylic acids is 1. The number of hydrogen-bond acceptors (Lipinski definition) is 3.